The van der Waals surface area contributed by atoms with Gasteiger partial charge < -0.3 is 28.7 Å². The van der Waals surface area contributed by atoms with Gasteiger partial charge in [-0.1, -0.05) is 24.3 Å². The minimum Gasteiger partial charge on any atom is -1.00 e. The molecule has 0 radical (unpaired) electrons. The number of hydrogen-bond acceptors (Lipinski definition) is 1. The van der Waals surface area contributed by atoms with Crippen molar-refractivity contribution in [2.45, 2.75) is 0 Å². The lowest BCUT2D eigenvalue weighted by Crippen LogP contribution is -3.00. The van der Waals surface area contributed by atoms with Crippen LogP contribution in [0, 0.1) is 0 Å². The first-order valence-corrected chi connectivity index (χ1v) is 5.55. The maximum Gasteiger partial charge on any atom is 0.169 e. The third-order valence-corrected chi connectivity index (χ3v) is 2.59. The molecule has 0 unspecified atom stereocenters. The van der Waals surface area contributed by atoms with Gasteiger partial charge in [0.05, 0.1) is 7.11 Å². The number of aromatic nitrogens is 1. The summed E-state index contributed by atoms with van der Waals surface area (Å²) in [5.74, 6) is 0.883. The molecule has 0 amide bonds. The highest BCUT2D eigenvalue weighted by atomic mass is 127. The van der Waals surface area contributed by atoms with Gasteiger partial charge in [-0.15, -0.1) is 0 Å². The van der Waals surface area contributed by atoms with Crippen LogP contribution in [-0.2, 0) is 7.05 Å². The van der Waals surface area contributed by atoms with Gasteiger partial charge in [0.15, 0.2) is 12.4 Å². The van der Waals surface area contributed by atoms with Gasteiger partial charge in [-0.05, 0) is 23.3 Å². The molecule has 0 saturated carbocycles. The van der Waals surface area contributed by atoms with E-state index in [0.717, 1.165) is 5.75 Å². The van der Waals surface area contributed by atoms with Crippen molar-refractivity contribution in [1.82, 2.24) is 0 Å². The van der Waals surface area contributed by atoms with E-state index in [4.69, 9.17) is 4.74 Å². The molecule has 0 aliphatic heterocycles. The predicted molar refractivity (Wildman–Crippen MR) is 69.5 cm³/mol. The molecule has 0 aliphatic carbocycles. The molecular formula is C15H16INO. The number of aryl methyl sites for hydroxylation is 1. The molecule has 0 atom stereocenters. The van der Waals surface area contributed by atoms with Crippen molar-refractivity contribution in [3.05, 3.63) is 59.9 Å². The predicted octanol–water partition coefficient (Wildman–Crippen LogP) is -0.306. The van der Waals surface area contributed by atoms with Crippen LogP contribution in [0.1, 0.15) is 11.1 Å². The number of hydrogen-bond donors (Lipinski definition) is 0. The van der Waals surface area contributed by atoms with Crippen LogP contribution in [-0.4, -0.2) is 7.11 Å². The summed E-state index contributed by atoms with van der Waals surface area (Å²) in [7, 11) is 3.69. The van der Waals surface area contributed by atoms with Crippen molar-refractivity contribution in [1.29, 1.82) is 0 Å². The lowest BCUT2D eigenvalue weighted by Gasteiger charge is -1.99. The number of ether oxygens (including phenoxy) is 1. The van der Waals surface area contributed by atoms with Gasteiger partial charge in [-0.3, -0.25) is 0 Å². The molecule has 0 fully saturated rings. The minimum absolute atomic E-state index is 0. The van der Waals surface area contributed by atoms with Gasteiger partial charge in [0, 0.05) is 12.1 Å². The molecule has 0 spiro atoms. The van der Waals surface area contributed by atoms with Crippen molar-refractivity contribution >= 4 is 12.2 Å². The zero-order valence-corrected chi connectivity index (χ0v) is 12.7. The van der Waals surface area contributed by atoms with Crippen LogP contribution in [0.4, 0.5) is 0 Å². The van der Waals surface area contributed by atoms with E-state index in [2.05, 4.69) is 24.3 Å². The van der Waals surface area contributed by atoms with Gasteiger partial charge in [-0.2, -0.15) is 0 Å². The number of pyridine rings is 1. The normalized spacial score (nSPS) is 10.1. The Labute approximate surface area is 125 Å². The summed E-state index contributed by atoms with van der Waals surface area (Å²) in [6, 6.07) is 12.2. The molecular weight excluding hydrogens is 337 g/mol. The standard InChI is InChI=1S/C15H16NO.HI/c1-16-11-9-14(10-12-16)4-3-13-5-7-15(17-2)8-6-13;/h3-12H,1-2H3;1H/q+1;/p-1/b4-3+;. The highest BCUT2D eigenvalue weighted by Crippen LogP contribution is 2.13. The Kier molecular flexibility index (Phi) is 5.85. The number of benzene rings is 1. The minimum atomic E-state index is 0. The second-order valence-electron chi connectivity index (χ2n) is 3.90. The molecule has 18 heavy (non-hydrogen) atoms. The molecule has 2 rings (SSSR count). The second-order valence-corrected chi connectivity index (χ2v) is 3.90. The number of rotatable bonds is 3. The molecule has 0 aliphatic rings. The summed E-state index contributed by atoms with van der Waals surface area (Å²) in [5.41, 5.74) is 2.36. The van der Waals surface area contributed by atoms with E-state index < -0.39 is 0 Å². The number of nitrogens with zero attached hydrogens (tertiary/aromatic N) is 1. The Morgan fingerprint density at radius 1 is 0.889 bits per heavy atom. The Hall–Kier alpha value is -1.36. The smallest absolute Gasteiger partial charge is 0.169 e. The van der Waals surface area contributed by atoms with Crippen molar-refractivity contribution in [3.63, 3.8) is 0 Å². The summed E-state index contributed by atoms with van der Waals surface area (Å²) in [4.78, 5) is 0. The van der Waals surface area contributed by atoms with E-state index in [9.17, 15) is 0 Å². The molecule has 1 aromatic carbocycles. The Morgan fingerprint density at radius 2 is 1.39 bits per heavy atom. The summed E-state index contributed by atoms with van der Waals surface area (Å²) in [6.45, 7) is 0. The van der Waals surface area contributed by atoms with Crippen LogP contribution in [0.2, 0.25) is 0 Å². The first-order chi connectivity index (χ1) is 8.28. The molecule has 2 nitrogen and oxygen atoms in total. The van der Waals surface area contributed by atoms with Crippen molar-refractivity contribution < 1.29 is 33.3 Å². The Balaban J connectivity index is 0.00000162. The van der Waals surface area contributed by atoms with Gasteiger partial charge in [0.1, 0.15) is 12.8 Å². The maximum absolute atomic E-state index is 5.12. The Morgan fingerprint density at radius 3 is 1.89 bits per heavy atom. The molecule has 3 heteroatoms. The molecule has 0 N–H and O–H groups in total. The first-order valence-electron chi connectivity index (χ1n) is 5.55. The molecule has 94 valence electrons. The van der Waals surface area contributed by atoms with Crippen LogP contribution in [0.15, 0.2) is 48.8 Å². The largest absolute Gasteiger partial charge is 1.00 e. The van der Waals surface area contributed by atoms with E-state index in [1.807, 2.05) is 48.3 Å². The van der Waals surface area contributed by atoms with Gasteiger partial charge in [0.2, 0.25) is 0 Å². The van der Waals surface area contributed by atoms with Crippen LogP contribution in [0.5, 0.6) is 5.75 Å². The molecule has 2 aromatic rings. The number of halogens is 1. The van der Waals surface area contributed by atoms with E-state index in [1.165, 1.54) is 11.1 Å². The Bertz CT molecular complexity index is 503. The lowest BCUT2D eigenvalue weighted by molar-refractivity contribution is -0.671. The van der Waals surface area contributed by atoms with E-state index >= 15 is 0 Å². The fourth-order valence-electron chi connectivity index (χ4n) is 1.53. The summed E-state index contributed by atoms with van der Waals surface area (Å²) < 4.78 is 7.14. The van der Waals surface area contributed by atoms with Crippen LogP contribution in [0.3, 0.4) is 0 Å². The zero-order chi connectivity index (χ0) is 12.1. The second kappa shape index (κ2) is 7.16. The summed E-state index contributed by atoms with van der Waals surface area (Å²) in [6.07, 6.45) is 8.26. The molecule has 1 aromatic heterocycles. The van der Waals surface area contributed by atoms with E-state index in [1.54, 1.807) is 7.11 Å². The van der Waals surface area contributed by atoms with Gasteiger partial charge >= 0.3 is 0 Å². The molecule has 0 bridgehead atoms. The van der Waals surface area contributed by atoms with Crippen LogP contribution in [0.25, 0.3) is 12.2 Å². The fourth-order valence-corrected chi connectivity index (χ4v) is 1.53. The third kappa shape index (κ3) is 4.14. The lowest BCUT2D eigenvalue weighted by atomic mass is 10.1. The van der Waals surface area contributed by atoms with Gasteiger partial charge in [-0.25, -0.2) is 4.57 Å². The highest BCUT2D eigenvalue weighted by molar-refractivity contribution is 5.69. The summed E-state index contributed by atoms with van der Waals surface area (Å²) in [5, 5.41) is 0. The average molecular weight is 353 g/mol. The quantitative estimate of drug-likeness (QED) is 0.545. The summed E-state index contributed by atoms with van der Waals surface area (Å²) >= 11 is 0. The fraction of sp³-hybridized carbons (Fsp3) is 0.133. The SMILES string of the molecule is COc1ccc(/C=C/c2cc[n+](C)cc2)cc1.[I-]. The topological polar surface area (TPSA) is 13.1 Å². The van der Waals surface area contributed by atoms with E-state index in [-0.39, 0.29) is 24.0 Å². The van der Waals surface area contributed by atoms with Crippen molar-refractivity contribution in [2.24, 2.45) is 7.05 Å². The van der Waals surface area contributed by atoms with Crippen LogP contribution < -0.4 is 33.3 Å². The maximum atomic E-state index is 5.12. The van der Waals surface area contributed by atoms with Gasteiger partial charge in [0.25, 0.3) is 0 Å². The van der Waals surface area contributed by atoms with Crippen molar-refractivity contribution in [3.8, 4) is 5.75 Å². The van der Waals surface area contributed by atoms with Crippen LogP contribution >= 0.6 is 0 Å². The van der Waals surface area contributed by atoms with Crippen molar-refractivity contribution in [2.75, 3.05) is 7.11 Å². The molecule has 1 heterocycles. The monoisotopic (exact) mass is 353 g/mol. The molecule has 0 saturated heterocycles. The zero-order valence-electron chi connectivity index (χ0n) is 10.5. The highest BCUT2D eigenvalue weighted by Gasteiger charge is 1.92. The first kappa shape index (κ1) is 14.7. The van der Waals surface area contributed by atoms with E-state index in [0.29, 0.717) is 0 Å². The average Bonchev–Trinajstić information content (AvgIpc) is 2.39. The number of methoxy groups -OCH3 is 1. The third-order valence-electron chi connectivity index (χ3n) is 2.59.